The van der Waals surface area contributed by atoms with E-state index < -0.39 is 0 Å². The third kappa shape index (κ3) is 2.38. The van der Waals surface area contributed by atoms with Crippen LogP contribution in [0.2, 0.25) is 0 Å². The van der Waals surface area contributed by atoms with Gasteiger partial charge in [0.2, 0.25) is 0 Å². The van der Waals surface area contributed by atoms with Crippen LogP contribution in [-0.2, 0) is 7.05 Å². The first-order chi connectivity index (χ1) is 7.25. The predicted molar refractivity (Wildman–Crippen MR) is 58.7 cm³/mol. The second-order valence-corrected chi connectivity index (χ2v) is 3.94. The van der Waals surface area contributed by atoms with Crippen molar-refractivity contribution >= 4 is 23.2 Å². The lowest BCUT2D eigenvalue weighted by molar-refractivity contribution is 0.105. The molecule has 2 rings (SSSR count). The first kappa shape index (κ1) is 9.79. The topological polar surface area (TPSA) is 47.8 Å². The van der Waals surface area contributed by atoms with Crippen LogP contribution in [0.3, 0.4) is 0 Å². The minimum Gasteiger partial charge on any atom is -0.288 e. The van der Waals surface area contributed by atoms with Gasteiger partial charge in [0.25, 0.3) is 0 Å². The molecule has 2 heterocycles. The lowest BCUT2D eigenvalue weighted by Gasteiger charge is -1.86. The average molecular weight is 219 g/mol. The van der Waals surface area contributed by atoms with Crippen molar-refractivity contribution in [3.63, 3.8) is 0 Å². The number of carbonyl (C=O) groups is 1. The van der Waals surface area contributed by atoms with Crippen LogP contribution in [0.15, 0.2) is 29.8 Å². The Labute approximate surface area is 90.9 Å². The standard InChI is InChI=1S/C10H9N3OS/c1-13-7-8(11-12-13)4-5-9(14)10-3-2-6-15-10/h2-7H,1H3. The van der Waals surface area contributed by atoms with Gasteiger partial charge in [-0.15, -0.1) is 16.4 Å². The van der Waals surface area contributed by atoms with Crippen LogP contribution in [0.25, 0.3) is 6.08 Å². The van der Waals surface area contributed by atoms with Crippen molar-refractivity contribution < 1.29 is 4.79 Å². The van der Waals surface area contributed by atoms with Crippen molar-refractivity contribution in [2.75, 3.05) is 0 Å². The molecule has 0 N–H and O–H groups in total. The maximum Gasteiger partial charge on any atom is 0.195 e. The number of rotatable bonds is 3. The fourth-order valence-electron chi connectivity index (χ4n) is 1.10. The third-order valence-corrected chi connectivity index (χ3v) is 2.67. The summed E-state index contributed by atoms with van der Waals surface area (Å²) in [7, 11) is 1.78. The lowest BCUT2D eigenvalue weighted by Crippen LogP contribution is -1.88. The number of nitrogens with zero attached hydrogens (tertiary/aromatic N) is 3. The number of aromatic nitrogens is 3. The van der Waals surface area contributed by atoms with Crippen LogP contribution in [0.4, 0.5) is 0 Å². The SMILES string of the molecule is Cn1cc(C=CC(=O)c2cccs2)nn1. The number of carbonyl (C=O) groups excluding carboxylic acids is 1. The van der Waals surface area contributed by atoms with Crippen molar-refractivity contribution in [2.24, 2.45) is 7.05 Å². The molecule has 0 aliphatic heterocycles. The second kappa shape index (κ2) is 4.18. The number of hydrogen-bond acceptors (Lipinski definition) is 4. The van der Waals surface area contributed by atoms with E-state index in [1.807, 2.05) is 11.4 Å². The number of hydrogen-bond donors (Lipinski definition) is 0. The first-order valence-corrected chi connectivity index (χ1v) is 5.26. The Morgan fingerprint density at radius 1 is 1.60 bits per heavy atom. The monoisotopic (exact) mass is 219 g/mol. The summed E-state index contributed by atoms with van der Waals surface area (Å²) >= 11 is 1.43. The number of aryl methyl sites for hydroxylation is 1. The summed E-state index contributed by atoms with van der Waals surface area (Å²) in [4.78, 5) is 12.3. The van der Waals surface area contributed by atoms with Gasteiger partial charge in [0.05, 0.1) is 11.1 Å². The van der Waals surface area contributed by atoms with Gasteiger partial charge in [-0.05, 0) is 23.6 Å². The van der Waals surface area contributed by atoms with Crippen molar-refractivity contribution in [3.05, 3.63) is 40.4 Å². The third-order valence-electron chi connectivity index (χ3n) is 1.79. The maximum atomic E-state index is 11.6. The minimum atomic E-state index is -0.00402. The molecule has 0 saturated carbocycles. The highest BCUT2D eigenvalue weighted by atomic mass is 32.1. The van der Waals surface area contributed by atoms with Gasteiger partial charge in [0, 0.05) is 7.05 Å². The lowest BCUT2D eigenvalue weighted by atomic mass is 10.3. The van der Waals surface area contributed by atoms with E-state index in [0.717, 1.165) is 4.88 Å². The number of allylic oxidation sites excluding steroid dienone is 1. The van der Waals surface area contributed by atoms with Crippen LogP contribution >= 0.6 is 11.3 Å². The summed E-state index contributed by atoms with van der Waals surface area (Å²) in [5, 5.41) is 9.49. The Bertz CT molecular complexity index is 485. The Morgan fingerprint density at radius 3 is 3.07 bits per heavy atom. The van der Waals surface area contributed by atoms with Gasteiger partial charge in [-0.25, -0.2) is 0 Å². The molecule has 0 aliphatic carbocycles. The summed E-state index contributed by atoms with van der Waals surface area (Å²) in [5.74, 6) is -0.00402. The van der Waals surface area contributed by atoms with Crippen LogP contribution in [-0.4, -0.2) is 20.8 Å². The predicted octanol–water partition coefficient (Wildman–Crippen LogP) is 1.77. The molecule has 4 nitrogen and oxygen atoms in total. The van der Waals surface area contributed by atoms with Crippen LogP contribution in [0, 0.1) is 0 Å². The van der Waals surface area contributed by atoms with E-state index in [0.29, 0.717) is 5.69 Å². The summed E-state index contributed by atoms with van der Waals surface area (Å²) in [6.45, 7) is 0. The van der Waals surface area contributed by atoms with Gasteiger partial charge in [0.15, 0.2) is 5.78 Å². The van der Waals surface area contributed by atoms with E-state index in [1.54, 1.807) is 30.1 Å². The van der Waals surface area contributed by atoms with Gasteiger partial charge in [-0.1, -0.05) is 11.3 Å². The fraction of sp³-hybridized carbons (Fsp3) is 0.100. The van der Waals surface area contributed by atoms with Crippen molar-refractivity contribution in [1.82, 2.24) is 15.0 Å². The highest BCUT2D eigenvalue weighted by Gasteiger charge is 2.01. The molecule has 5 heteroatoms. The zero-order valence-electron chi connectivity index (χ0n) is 8.12. The van der Waals surface area contributed by atoms with E-state index in [4.69, 9.17) is 0 Å². The minimum absolute atomic E-state index is 0.00402. The molecule has 0 spiro atoms. The van der Waals surface area contributed by atoms with Gasteiger partial charge >= 0.3 is 0 Å². The van der Waals surface area contributed by atoms with Gasteiger partial charge in [-0.3, -0.25) is 9.48 Å². The van der Waals surface area contributed by atoms with Crippen molar-refractivity contribution in [3.8, 4) is 0 Å². The Morgan fingerprint density at radius 2 is 2.47 bits per heavy atom. The van der Waals surface area contributed by atoms with Crippen LogP contribution in [0.5, 0.6) is 0 Å². The molecule has 2 aromatic rings. The molecule has 0 bridgehead atoms. The summed E-state index contributed by atoms with van der Waals surface area (Å²) in [5.41, 5.74) is 0.683. The Hall–Kier alpha value is -1.75. The number of thiophene rings is 1. The van der Waals surface area contributed by atoms with E-state index in [1.165, 1.54) is 17.4 Å². The highest BCUT2D eigenvalue weighted by Crippen LogP contribution is 2.10. The van der Waals surface area contributed by atoms with Crippen LogP contribution < -0.4 is 0 Å². The zero-order chi connectivity index (χ0) is 10.7. The van der Waals surface area contributed by atoms with Crippen LogP contribution in [0.1, 0.15) is 15.4 Å². The summed E-state index contributed by atoms with van der Waals surface area (Å²) in [6, 6.07) is 3.65. The zero-order valence-corrected chi connectivity index (χ0v) is 8.94. The van der Waals surface area contributed by atoms with Crippen molar-refractivity contribution in [1.29, 1.82) is 0 Å². The normalized spacial score (nSPS) is 11.0. The Kier molecular flexibility index (Phi) is 2.73. The largest absolute Gasteiger partial charge is 0.288 e. The highest BCUT2D eigenvalue weighted by molar-refractivity contribution is 7.12. The van der Waals surface area contributed by atoms with Gasteiger partial charge in [0.1, 0.15) is 5.69 Å². The molecule has 0 amide bonds. The van der Waals surface area contributed by atoms with E-state index in [9.17, 15) is 4.79 Å². The molecule has 15 heavy (non-hydrogen) atoms. The molecule has 0 fully saturated rings. The summed E-state index contributed by atoms with van der Waals surface area (Å²) < 4.78 is 1.59. The molecule has 0 unspecified atom stereocenters. The quantitative estimate of drug-likeness (QED) is 0.584. The smallest absolute Gasteiger partial charge is 0.195 e. The first-order valence-electron chi connectivity index (χ1n) is 4.38. The summed E-state index contributed by atoms with van der Waals surface area (Å²) in [6.07, 6.45) is 4.92. The molecule has 2 aromatic heterocycles. The van der Waals surface area contributed by atoms with E-state index in [2.05, 4.69) is 10.3 Å². The second-order valence-electron chi connectivity index (χ2n) is 2.99. The number of ketones is 1. The Balaban J connectivity index is 2.09. The molecule has 76 valence electrons. The molecule has 0 radical (unpaired) electrons. The van der Waals surface area contributed by atoms with Gasteiger partial charge in [-0.2, -0.15) is 0 Å². The van der Waals surface area contributed by atoms with E-state index >= 15 is 0 Å². The molecular formula is C10H9N3OS. The molecule has 0 saturated heterocycles. The molecule has 0 aromatic carbocycles. The maximum absolute atomic E-state index is 11.6. The molecule has 0 aliphatic rings. The molecular weight excluding hydrogens is 210 g/mol. The van der Waals surface area contributed by atoms with Gasteiger partial charge < -0.3 is 0 Å². The fourth-order valence-corrected chi connectivity index (χ4v) is 1.75. The van der Waals surface area contributed by atoms with E-state index in [-0.39, 0.29) is 5.78 Å². The average Bonchev–Trinajstić information content (AvgIpc) is 2.84. The molecule has 0 atom stereocenters. The van der Waals surface area contributed by atoms with Crippen molar-refractivity contribution in [2.45, 2.75) is 0 Å².